The minimum Gasteiger partial charge on any atom is -0.507 e. The number of nitrogens with zero attached hydrogens (tertiary/aromatic N) is 3. The molecule has 1 aliphatic carbocycles. The normalized spacial score (nSPS) is 20.5. The Bertz CT molecular complexity index is 790. The molecule has 0 unspecified atom stereocenters. The highest BCUT2D eigenvalue weighted by molar-refractivity contribution is 5.73. The maximum atomic E-state index is 10.7. The molecule has 132 valence electrons. The zero-order chi connectivity index (χ0) is 17.4. The van der Waals surface area contributed by atoms with Gasteiger partial charge < -0.3 is 15.3 Å². The Labute approximate surface area is 149 Å². The molecule has 0 amide bonds. The average Bonchev–Trinajstić information content (AvgIpc) is 3.06. The fourth-order valence-corrected chi connectivity index (χ4v) is 4.15. The number of aromatic nitrogens is 2. The maximum absolute atomic E-state index is 10.7. The van der Waals surface area contributed by atoms with Crippen molar-refractivity contribution in [2.45, 2.75) is 45.1 Å². The molecule has 0 saturated carbocycles. The van der Waals surface area contributed by atoms with Crippen LogP contribution in [0.5, 0.6) is 5.75 Å². The quantitative estimate of drug-likeness (QED) is 0.900. The lowest BCUT2D eigenvalue weighted by atomic mass is 10.00. The van der Waals surface area contributed by atoms with Gasteiger partial charge in [0, 0.05) is 18.2 Å². The summed E-state index contributed by atoms with van der Waals surface area (Å²) in [6.45, 7) is 4.24. The molecule has 2 heterocycles. The first-order chi connectivity index (χ1) is 12.1. The van der Waals surface area contributed by atoms with Crippen molar-refractivity contribution in [3.8, 4) is 17.0 Å². The van der Waals surface area contributed by atoms with Crippen LogP contribution in [0.25, 0.3) is 11.3 Å². The van der Waals surface area contributed by atoms with Gasteiger partial charge in [-0.15, -0.1) is 10.2 Å². The monoisotopic (exact) mass is 338 g/mol. The van der Waals surface area contributed by atoms with Crippen LogP contribution in [0.2, 0.25) is 0 Å². The van der Waals surface area contributed by atoms with Gasteiger partial charge in [-0.2, -0.15) is 0 Å². The topological polar surface area (TPSA) is 61.3 Å². The van der Waals surface area contributed by atoms with E-state index in [1.807, 2.05) is 19.1 Å². The molecule has 4 rings (SSSR count). The largest absolute Gasteiger partial charge is 0.507 e. The minimum absolute atomic E-state index is 0.391. The fourth-order valence-electron chi connectivity index (χ4n) is 4.15. The predicted octanol–water partition coefficient (Wildman–Crippen LogP) is 3.15. The van der Waals surface area contributed by atoms with Crippen LogP contribution in [0.15, 0.2) is 18.2 Å². The summed E-state index contributed by atoms with van der Waals surface area (Å²) in [4.78, 5) is 2.35. The number of phenols is 1. The third-order valence-electron chi connectivity index (χ3n) is 5.47. The van der Waals surface area contributed by atoms with Gasteiger partial charge in [-0.3, -0.25) is 0 Å². The van der Waals surface area contributed by atoms with Crippen molar-refractivity contribution in [2.24, 2.45) is 0 Å². The molecule has 1 atom stereocenters. The average molecular weight is 338 g/mol. The van der Waals surface area contributed by atoms with E-state index < -0.39 is 0 Å². The smallest absolute Gasteiger partial charge is 0.149 e. The summed E-state index contributed by atoms with van der Waals surface area (Å²) in [5, 5.41) is 23.0. The molecule has 1 saturated heterocycles. The molecule has 1 aromatic heterocycles. The molecule has 0 radical (unpaired) electrons. The summed E-state index contributed by atoms with van der Waals surface area (Å²) in [6, 6.07) is 6.58. The molecule has 2 aliphatic rings. The summed E-state index contributed by atoms with van der Waals surface area (Å²) >= 11 is 0. The Hall–Kier alpha value is -2.14. The van der Waals surface area contributed by atoms with Gasteiger partial charge in [0.05, 0.1) is 5.69 Å². The first-order valence-corrected chi connectivity index (χ1v) is 9.25. The number of hydrogen-bond acceptors (Lipinski definition) is 5. The van der Waals surface area contributed by atoms with E-state index in [0.717, 1.165) is 54.0 Å². The zero-order valence-electron chi connectivity index (χ0n) is 15.0. The molecule has 0 bridgehead atoms. The van der Waals surface area contributed by atoms with Gasteiger partial charge in [0.15, 0.2) is 0 Å². The minimum atomic E-state index is 0.391. The number of benzene rings is 1. The summed E-state index contributed by atoms with van der Waals surface area (Å²) in [5.41, 5.74) is 4.97. The molecule has 5 heteroatoms. The van der Waals surface area contributed by atoms with Crippen LogP contribution >= 0.6 is 0 Å². The molecule has 5 nitrogen and oxygen atoms in total. The molecule has 1 aliphatic heterocycles. The van der Waals surface area contributed by atoms with Crippen LogP contribution < -0.4 is 5.32 Å². The third kappa shape index (κ3) is 3.21. The van der Waals surface area contributed by atoms with Crippen LogP contribution in [0.4, 0.5) is 5.82 Å². The number of nitrogens with one attached hydrogen (secondary N) is 1. The van der Waals surface area contributed by atoms with Gasteiger partial charge in [0.25, 0.3) is 0 Å². The third-order valence-corrected chi connectivity index (χ3v) is 5.47. The van der Waals surface area contributed by atoms with E-state index in [2.05, 4.69) is 33.5 Å². The van der Waals surface area contributed by atoms with E-state index in [-0.39, 0.29) is 0 Å². The van der Waals surface area contributed by atoms with Gasteiger partial charge in [-0.25, -0.2) is 0 Å². The fraction of sp³-hybridized carbons (Fsp3) is 0.500. The lowest BCUT2D eigenvalue weighted by Gasteiger charge is -2.30. The van der Waals surface area contributed by atoms with Crippen molar-refractivity contribution in [3.05, 3.63) is 34.9 Å². The molecule has 1 fully saturated rings. The van der Waals surface area contributed by atoms with Crippen molar-refractivity contribution in [2.75, 3.05) is 25.5 Å². The van der Waals surface area contributed by atoms with Gasteiger partial charge in [0.1, 0.15) is 11.6 Å². The summed E-state index contributed by atoms with van der Waals surface area (Å²) in [5.74, 6) is 1.21. The van der Waals surface area contributed by atoms with Crippen LogP contribution in [-0.4, -0.2) is 46.4 Å². The number of aryl methyl sites for hydroxylation is 2. The first kappa shape index (κ1) is 16.3. The van der Waals surface area contributed by atoms with Gasteiger partial charge >= 0.3 is 0 Å². The highest BCUT2D eigenvalue weighted by atomic mass is 16.3. The van der Waals surface area contributed by atoms with E-state index in [4.69, 9.17) is 0 Å². The number of likely N-dealkylation sites (N-methyl/N-ethyl adjacent to an activating group) is 1. The van der Waals surface area contributed by atoms with Crippen molar-refractivity contribution in [3.63, 3.8) is 0 Å². The number of likely N-dealkylation sites (tertiary alicyclic amines) is 1. The van der Waals surface area contributed by atoms with Crippen LogP contribution in [0.1, 0.15) is 36.0 Å². The Morgan fingerprint density at radius 1 is 1.20 bits per heavy atom. The van der Waals surface area contributed by atoms with Gasteiger partial charge in [-0.05, 0) is 81.4 Å². The maximum Gasteiger partial charge on any atom is 0.149 e. The van der Waals surface area contributed by atoms with Crippen molar-refractivity contribution in [1.82, 2.24) is 15.1 Å². The summed E-state index contributed by atoms with van der Waals surface area (Å²) in [6.07, 6.45) is 5.51. The van der Waals surface area contributed by atoms with Crippen molar-refractivity contribution < 1.29 is 5.11 Å². The summed E-state index contributed by atoms with van der Waals surface area (Å²) in [7, 11) is 2.16. The number of piperidine rings is 1. The molecule has 0 spiro atoms. The van der Waals surface area contributed by atoms with Gasteiger partial charge in [0.2, 0.25) is 0 Å². The number of anilines is 1. The highest BCUT2D eigenvalue weighted by Gasteiger charge is 2.21. The van der Waals surface area contributed by atoms with E-state index >= 15 is 0 Å². The molecular formula is C20H26N4O. The Morgan fingerprint density at radius 2 is 2.08 bits per heavy atom. The van der Waals surface area contributed by atoms with Crippen LogP contribution in [0.3, 0.4) is 0 Å². The SMILES string of the molecule is Cc1cc(N[C@H]2CCCN(C)C2)nnc1-c1ccc2c(c1O)CCC2. The Kier molecular flexibility index (Phi) is 4.34. The number of phenolic OH excluding ortho intramolecular Hbond substituents is 1. The second-order valence-corrected chi connectivity index (χ2v) is 7.46. The Balaban J connectivity index is 1.58. The van der Waals surface area contributed by atoms with Gasteiger partial charge in [-0.1, -0.05) is 6.07 Å². The summed E-state index contributed by atoms with van der Waals surface area (Å²) < 4.78 is 0. The van der Waals surface area contributed by atoms with Crippen LogP contribution in [0, 0.1) is 6.92 Å². The van der Waals surface area contributed by atoms with Crippen molar-refractivity contribution >= 4 is 5.82 Å². The second kappa shape index (κ2) is 6.64. The number of hydrogen-bond donors (Lipinski definition) is 2. The number of fused-ring (bicyclic) bond motifs is 1. The lowest BCUT2D eigenvalue weighted by Crippen LogP contribution is -2.39. The standard InChI is InChI=1S/C20H26N4O/c1-13-11-18(21-15-6-4-10-24(2)12-15)22-23-19(13)17-9-8-14-5-3-7-16(14)20(17)25/h8-9,11,15,25H,3-7,10,12H2,1-2H3,(H,21,22)/t15-/m0/s1. The molecule has 1 aromatic carbocycles. The molecule has 25 heavy (non-hydrogen) atoms. The lowest BCUT2D eigenvalue weighted by molar-refractivity contribution is 0.260. The number of rotatable bonds is 3. The van der Waals surface area contributed by atoms with Crippen LogP contribution in [-0.2, 0) is 12.8 Å². The number of aromatic hydroxyl groups is 1. The highest BCUT2D eigenvalue weighted by Crippen LogP contribution is 2.38. The molecule has 2 aromatic rings. The Morgan fingerprint density at radius 3 is 2.88 bits per heavy atom. The van der Waals surface area contributed by atoms with E-state index in [0.29, 0.717) is 11.8 Å². The van der Waals surface area contributed by atoms with E-state index in [1.165, 1.54) is 24.9 Å². The van der Waals surface area contributed by atoms with E-state index in [1.54, 1.807) is 0 Å². The zero-order valence-corrected chi connectivity index (χ0v) is 15.0. The molecule has 2 N–H and O–H groups in total. The predicted molar refractivity (Wildman–Crippen MR) is 100 cm³/mol. The van der Waals surface area contributed by atoms with E-state index in [9.17, 15) is 5.11 Å². The van der Waals surface area contributed by atoms with Crippen molar-refractivity contribution in [1.29, 1.82) is 0 Å². The second-order valence-electron chi connectivity index (χ2n) is 7.46. The molecular weight excluding hydrogens is 312 g/mol. The first-order valence-electron chi connectivity index (χ1n) is 9.25.